The van der Waals surface area contributed by atoms with E-state index in [9.17, 15) is 10.1 Å². The lowest BCUT2D eigenvalue weighted by molar-refractivity contribution is 0.628. The molecule has 2 aromatic heterocycles. The maximum atomic E-state index is 12.3. The molecule has 1 aromatic carbocycles. The molecule has 1 saturated carbocycles. The van der Waals surface area contributed by atoms with Crippen LogP contribution in [0.15, 0.2) is 41.3 Å². The number of fused-ring (bicyclic) bond motifs is 1. The lowest BCUT2D eigenvalue weighted by Crippen LogP contribution is -2.24. The number of rotatable bonds is 3. The highest BCUT2D eigenvalue weighted by Crippen LogP contribution is 2.30. The number of anilines is 1. The van der Waals surface area contributed by atoms with Crippen molar-refractivity contribution in [2.24, 2.45) is 5.92 Å². The van der Waals surface area contributed by atoms with E-state index < -0.39 is 0 Å². The first-order valence-electron chi connectivity index (χ1n) is 8.78. The number of aryl methyl sites for hydroxylation is 1. The van der Waals surface area contributed by atoms with Crippen LogP contribution in [0, 0.1) is 24.2 Å². The molecule has 2 unspecified atom stereocenters. The highest BCUT2D eigenvalue weighted by molar-refractivity contribution is 5.90. The van der Waals surface area contributed by atoms with Gasteiger partial charge in [0.2, 0.25) is 0 Å². The van der Waals surface area contributed by atoms with Crippen molar-refractivity contribution in [1.82, 2.24) is 15.0 Å². The van der Waals surface area contributed by atoms with Crippen molar-refractivity contribution >= 4 is 16.7 Å². The molecule has 2 heterocycles. The van der Waals surface area contributed by atoms with Crippen molar-refractivity contribution in [3.05, 3.63) is 52.4 Å². The molecule has 2 atom stereocenters. The number of benzene rings is 1. The second-order valence-corrected chi connectivity index (χ2v) is 6.75. The molecule has 0 radical (unpaired) electrons. The Morgan fingerprint density at radius 1 is 1.19 bits per heavy atom. The van der Waals surface area contributed by atoms with Gasteiger partial charge in [-0.25, -0.2) is 9.97 Å². The molecule has 0 saturated heterocycles. The molecular weight excluding hydrogens is 326 g/mol. The number of aromatic nitrogens is 3. The number of aromatic amines is 1. The summed E-state index contributed by atoms with van der Waals surface area (Å²) in [4.78, 5) is 24.2. The van der Waals surface area contributed by atoms with Crippen LogP contribution in [-0.2, 0) is 0 Å². The molecule has 130 valence electrons. The molecule has 6 nitrogen and oxygen atoms in total. The van der Waals surface area contributed by atoms with E-state index in [0.29, 0.717) is 22.5 Å². The van der Waals surface area contributed by atoms with Crippen LogP contribution in [0.3, 0.4) is 0 Å². The number of hydrogen-bond donors (Lipinski definition) is 2. The summed E-state index contributed by atoms with van der Waals surface area (Å²) in [5.41, 5.74) is 2.11. The molecule has 6 heteroatoms. The highest BCUT2D eigenvalue weighted by atomic mass is 16.1. The number of nitriles is 1. The number of nitrogens with one attached hydrogen (secondary N) is 2. The first kappa shape index (κ1) is 16.3. The molecule has 2 N–H and O–H groups in total. The van der Waals surface area contributed by atoms with Gasteiger partial charge in [-0.1, -0.05) is 29.8 Å². The maximum absolute atomic E-state index is 12.3. The van der Waals surface area contributed by atoms with Gasteiger partial charge in [0.05, 0.1) is 12.0 Å². The number of H-pyrrole nitrogens is 1. The van der Waals surface area contributed by atoms with Crippen LogP contribution in [0.2, 0.25) is 0 Å². The zero-order valence-electron chi connectivity index (χ0n) is 14.5. The van der Waals surface area contributed by atoms with E-state index in [0.717, 1.165) is 30.4 Å². The number of hydrogen-bond acceptors (Lipinski definition) is 5. The lowest BCUT2D eigenvalue weighted by atomic mass is 10.1. The number of nitrogens with zero attached hydrogens (tertiary/aromatic N) is 3. The third-order valence-corrected chi connectivity index (χ3v) is 4.94. The predicted octanol–water partition coefficient (Wildman–Crippen LogP) is 3.40. The van der Waals surface area contributed by atoms with Gasteiger partial charge >= 0.3 is 0 Å². The van der Waals surface area contributed by atoms with E-state index >= 15 is 0 Å². The Labute approximate surface area is 150 Å². The van der Waals surface area contributed by atoms with Crippen molar-refractivity contribution in [3.63, 3.8) is 0 Å². The Morgan fingerprint density at radius 3 is 2.77 bits per heavy atom. The van der Waals surface area contributed by atoms with Gasteiger partial charge in [-0.2, -0.15) is 5.26 Å². The SMILES string of the molecule is Cc1ccc(-c2nc(NC3CCCC3C#N)c3cc[nH]c(=O)c3n2)cc1. The highest BCUT2D eigenvalue weighted by Gasteiger charge is 2.28. The number of pyridine rings is 1. The summed E-state index contributed by atoms with van der Waals surface area (Å²) in [5, 5.41) is 13.4. The third-order valence-electron chi connectivity index (χ3n) is 4.94. The Morgan fingerprint density at radius 2 is 2.00 bits per heavy atom. The molecule has 0 spiro atoms. The van der Waals surface area contributed by atoms with E-state index in [1.165, 1.54) is 0 Å². The zero-order valence-corrected chi connectivity index (χ0v) is 14.5. The summed E-state index contributed by atoms with van der Waals surface area (Å²) in [6.07, 6.45) is 4.43. The fourth-order valence-electron chi connectivity index (χ4n) is 3.47. The summed E-state index contributed by atoms with van der Waals surface area (Å²) >= 11 is 0. The standard InChI is InChI=1S/C20H19N5O/c1-12-5-7-13(8-6-12)18-24-17-15(9-10-22-20(17)26)19(25-18)23-16-4-2-3-14(16)11-21/h5-10,14,16H,2-4H2,1H3,(H,22,26)(H,23,24,25). The largest absolute Gasteiger partial charge is 0.365 e. The Balaban J connectivity index is 1.85. The van der Waals surface area contributed by atoms with Gasteiger partial charge in [0, 0.05) is 23.2 Å². The van der Waals surface area contributed by atoms with E-state index in [1.807, 2.05) is 31.2 Å². The van der Waals surface area contributed by atoms with Crippen molar-refractivity contribution in [3.8, 4) is 17.5 Å². The van der Waals surface area contributed by atoms with E-state index in [1.54, 1.807) is 12.3 Å². The third kappa shape index (κ3) is 2.93. The van der Waals surface area contributed by atoms with Crippen molar-refractivity contribution < 1.29 is 0 Å². The molecule has 3 aromatic rings. The van der Waals surface area contributed by atoms with Crippen LogP contribution in [0.25, 0.3) is 22.3 Å². The lowest BCUT2D eigenvalue weighted by Gasteiger charge is -2.18. The Bertz CT molecular complexity index is 1050. The van der Waals surface area contributed by atoms with Gasteiger partial charge in [-0.15, -0.1) is 0 Å². The van der Waals surface area contributed by atoms with E-state index in [4.69, 9.17) is 0 Å². The van der Waals surface area contributed by atoms with Gasteiger partial charge in [0.15, 0.2) is 5.82 Å². The molecule has 0 bridgehead atoms. The minimum atomic E-state index is -0.246. The second kappa shape index (κ2) is 6.60. The molecule has 1 aliphatic rings. The van der Waals surface area contributed by atoms with Crippen LogP contribution in [-0.4, -0.2) is 21.0 Å². The minimum Gasteiger partial charge on any atom is -0.365 e. The Kier molecular flexibility index (Phi) is 4.13. The van der Waals surface area contributed by atoms with Crippen molar-refractivity contribution in [2.45, 2.75) is 32.2 Å². The smallest absolute Gasteiger partial charge is 0.274 e. The molecule has 0 aliphatic heterocycles. The zero-order chi connectivity index (χ0) is 18.1. The van der Waals surface area contributed by atoms with Gasteiger partial charge in [0.25, 0.3) is 5.56 Å². The first-order valence-corrected chi connectivity index (χ1v) is 8.78. The average Bonchev–Trinajstić information content (AvgIpc) is 3.10. The average molecular weight is 345 g/mol. The van der Waals surface area contributed by atoms with Crippen LogP contribution in [0.4, 0.5) is 5.82 Å². The van der Waals surface area contributed by atoms with Gasteiger partial charge < -0.3 is 10.3 Å². The summed E-state index contributed by atoms with van der Waals surface area (Å²) < 4.78 is 0. The molecule has 26 heavy (non-hydrogen) atoms. The molecule has 4 rings (SSSR count). The van der Waals surface area contributed by atoms with E-state index in [-0.39, 0.29) is 17.5 Å². The molecular formula is C20H19N5O. The Hall–Kier alpha value is -3.20. The van der Waals surface area contributed by atoms with Crippen LogP contribution in [0.5, 0.6) is 0 Å². The fraction of sp³-hybridized carbons (Fsp3) is 0.300. The van der Waals surface area contributed by atoms with E-state index in [2.05, 4.69) is 26.3 Å². The molecule has 1 aliphatic carbocycles. The maximum Gasteiger partial charge on any atom is 0.274 e. The molecule has 1 fully saturated rings. The normalized spacial score (nSPS) is 19.4. The predicted molar refractivity (Wildman–Crippen MR) is 101 cm³/mol. The van der Waals surface area contributed by atoms with Crippen molar-refractivity contribution in [1.29, 1.82) is 5.26 Å². The monoisotopic (exact) mass is 345 g/mol. The van der Waals surface area contributed by atoms with Crippen LogP contribution < -0.4 is 10.9 Å². The first-order chi connectivity index (χ1) is 12.7. The summed E-state index contributed by atoms with van der Waals surface area (Å²) in [6.45, 7) is 2.02. The fourth-order valence-corrected chi connectivity index (χ4v) is 3.47. The van der Waals surface area contributed by atoms with Gasteiger partial charge in [0.1, 0.15) is 11.3 Å². The summed E-state index contributed by atoms with van der Waals surface area (Å²) in [5.74, 6) is 1.08. The second-order valence-electron chi connectivity index (χ2n) is 6.75. The topological polar surface area (TPSA) is 94.5 Å². The summed E-state index contributed by atoms with van der Waals surface area (Å²) in [7, 11) is 0. The summed E-state index contributed by atoms with van der Waals surface area (Å²) in [6, 6.07) is 12.1. The van der Waals surface area contributed by atoms with Gasteiger partial charge in [-0.05, 0) is 32.3 Å². The minimum absolute atomic E-state index is 0.0372. The van der Waals surface area contributed by atoms with Gasteiger partial charge in [-0.3, -0.25) is 4.79 Å². The van der Waals surface area contributed by atoms with Crippen LogP contribution >= 0.6 is 0 Å². The van der Waals surface area contributed by atoms with Crippen molar-refractivity contribution in [2.75, 3.05) is 5.32 Å². The van der Waals surface area contributed by atoms with Crippen LogP contribution in [0.1, 0.15) is 24.8 Å². The molecule has 0 amide bonds. The quantitative estimate of drug-likeness (QED) is 0.759.